The van der Waals surface area contributed by atoms with Gasteiger partial charge in [-0.3, -0.25) is 4.79 Å². The molecule has 0 aliphatic carbocycles. The molecule has 0 spiro atoms. The Morgan fingerprint density at radius 1 is 1.18 bits per heavy atom. The largest absolute Gasteiger partial charge is 0.507 e. The van der Waals surface area contributed by atoms with Crippen LogP contribution in [0.4, 0.5) is 4.39 Å². The van der Waals surface area contributed by atoms with Gasteiger partial charge in [0.1, 0.15) is 11.6 Å². The van der Waals surface area contributed by atoms with E-state index in [0.29, 0.717) is 9.13 Å². The first-order chi connectivity index (χ1) is 8.09. The van der Waals surface area contributed by atoms with E-state index in [2.05, 4.69) is 0 Å². The number of hydrogen-bond acceptors (Lipinski definition) is 2. The minimum Gasteiger partial charge on any atom is -0.507 e. The molecule has 2 aromatic rings. The highest BCUT2D eigenvalue weighted by Crippen LogP contribution is 2.22. The van der Waals surface area contributed by atoms with E-state index in [9.17, 15) is 14.3 Å². The first kappa shape index (κ1) is 12.0. The number of phenols is 1. The monoisotopic (exact) mass is 342 g/mol. The van der Waals surface area contributed by atoms with Gasteiger partial charge in [-0.15, -0.1) is 0 Å². The number of hydrogen-bond donors (Lipinski definition) is 1. The van der Waals surface area contributed by atoms with Crippen LogP contribution in [0.15, 0.2) is 42.5 Å². The smallest absolute Gasteiger partial charge is 0.196 e. The molecule has 1 N–H and O–H groups in total. The molecule has 4 heteroatoms. The van der Waals surface area contributed by atoms with Gasteiger partial charge in [0, 0.05) is 5.56 Å². The molecule has 17 heavy (non-hydrogen) atoms. The van der Waals surface area contributed by atoms with E-state index < -0.39 is 5.82 Å². The molecule has 0 aromatic heterocycles. The second kappa shape index (κ2) is 4.83. The number of ketones is 1. The number of aromatic hydroxyl groups is 1. The summed E-state index contributed by atoms with van der Waals surface area (Å²) in [7, 11) is 0. The topological polar surface area (TPSA) is 37.3 Å². The average molecular weight is 342 g/mol. The van der Waals surface area contributed by atoms with E-state index in [0.717, 1.165) is 0 Å². The Bertz CT molecular complexity index is 581. The van der Waals surface area contributed by atoms with Crippen molar-refractivity contribution in [3.05, 3.63) is 63.0 Å². The van der Waals surface area contributed by atoms with Crippen molar-refractivity contribution in [2.75, 3.05) is 0 Å². The molecule has 0 atom stereocenters. The Kier molecular flexibility index (Phi) is 3.42. The van der Waals surface area contributed by atoms with Gasteiger partial charge in [-0.1, -0.05) is 12.1 Å². The van der Waals surface area contributed by atoms with Crippen molar-refractivity contribution in [3.63, 3.8) is 0 Å². The van der Waals surface area contributed by atoms with Gasteiger partial charge in [0.15, 0.2) is 5.78 Å². The second-order valence-corrected chi connectivity index (χ2v) is 4.64. The molecule has 0 heterocycles. The van der Waals surface area contributed by atoms with Gasteiger partial charge in [0.25, 0.3) is 0 Å². The normalized spacial score (nSPS) is 10.2. The highest BCUT2D eigenvalue weighted by Gasteiger charge is 2.14. The summed E-state index contributed by atoms with van der Waals surface area (Å²) in [5.74, 6) is -0.822. The van der Waals surface area contributed by atoms with Gasteiger partial charge in [0.05, 0.1) is 9.13 Å². The number of carbonyl (C=O) groups excluding carboxylic acids is 1. The summed E-state index contributed by atoms with van der Waals surface area (Å²) < 4.78 is 14.0. The number of halogens is 2. The summed E-state index contributed by atoms with van der Waals surface area (Å²) in [6.07, 6.45) is 0. The zero-order chi connectivity index (χ0) is 12.4. The average Bonchev–Trinajstić information content (AvgIpc) is 2.32. The van der Waals surface area contributed by atoms with Crippen molar-refractivity contribution < 1.29 is 14.3 Å². The van der Waals surface area contributed by atoms with E-state index in [-0.39, 0.29) is 17.1 Å². The fourth-order valence-electron chi connectivity index (χ4n) is 1.45. The lowest BCUT2D eigenvalue weighted by molar-refractivity contribution is 0.103. The quantitative estimate of drug-likeness (QED) is 0.671. The van der Waals surface area contributed by atoms with E-state index in [1.807, 2.05) is 22.6 Å². The van der Waals surface area contributed by atoms with Gasteiger partial charge in [-0.05, 0) is 52.9 Å². The molecule has 0 radical (unpaired) electrons. The lowest BCUT2D eigenvalue weighted by Gasteiger charge is -2.04. The maximum Gasteiger partial charge on any atom is 0.196 e. The molecular formula is C13H8FIO2. The number of benzene rings is 2. The van der Waals surface area contributed by atoms with Gasteiger partial charge >= 0.3 is 0 Å². The van der Waals surface area contributed by atoms with Crippen molar-refractivity contribution in [2.24, 2.45) is 0 Å². The molecule has 0 amide bonds. The van der Waals surface area contributed by atoms with Crippen molar-refractivity contribution in [3.8, 4) is 5.75 Å². The van der Waals surface area contributed by atoms with Crippen LogP contribution in [0.1, 0.15) is 15.9 Å². The Labute approximate surface area is 111 Å². The minimum atomic E-state index is -0.541. The van der Waals surface area contributed by atoms with Crippen LogP contribution in [-0.2, 0) is 0 Å². The fraction of sp³-hybridized carbons (Fsp3) is 0. The van der Waals surface area contributed by atoms with Crippen LogP contribution in [0.3, 0.4) is 0 Å². The van der Waals surface area contributed by atoms with Gasteiger partial charge in [-0.25, -0.2) is 4.39 Å². The molecule has 0 fully saturated rings. The minimum absolute atomic E-state index is 0.0361. The fourth-order valence-corrected chi connectivity index (χ4v) is 1.96. The number of phenolic OH excluding ortho intramolecular Hbond substituents is 1. The zero-order valence-corrected chi connectivity index (χ0v) is 10.8. The molecule has 2 nitrogen and oxygen atoms in total. The molecular weight excluding hydrogens is 334 g/mol. The Morgan fingerprint density at radius 3 is 2.53 bits per heavy atom. The van der Waals surface area contributed by atoms with Crippen molar-refractivity contribution >= 4 is 28.4 Å². The Balaban J connectivity index is 2.44. The Morgan fingerprint density at radius 2 is 1.88 bits per heavy atom. The predicted molar refractivity (Wildman–Crippen MR) is 70.7 cm³/mol. The molecule has 0 bridgehead atoms. The molecule has 0 aliphatic heterocycles. The summed E-state index contributed by atoms with van der Waals surface area (Å²) in [5.41, 5.74) is 0.395. The summed E-state index contributed by atoms with van der Waals surface area (Å²) >= 11 is 1.92. The molecule has 2 aromatic carbocycles. The van der Waals surface area contributed by atoms with Gasteiger partial charge in [0.2, 0.25) is 0 Å². The highest BCUT2D eigenvalue weighted by atomic mass is 127. The summed E-state index contributed by atoms with van der Waals surface area (Å²) in [4.78, 5) is 12.0. The molecule has 0 saturated heterocycles. The lowest BCUT2D eigenvalue weighted by Crippen LogP contribution is -2.04. The summed E-state index contributed by atoms with van der Waals surface area (Å²) in [6, 6.07) is 10.3. The summed E-state index contributed by atoms with van der Waals surface area (Å²) in [5, 5.41) is 9.36. The van der Waals surface area contributed by atoms with Crippen molar-refractivity contribution in [1.29, 1.82) is 0 Å². The van der Waals surface area contributed by atoms with Crippen LogP contribution in [0.2, 0.25) is 0 Å². The zero-order valence-electron chi connectivity index (χ0n) is 8.65. The predicted octanol–water partition coefficient (Wildman–Crippen LogP) is 3.37. The molecule has 86 valence electrons. The molecule has 0 unspecified atom stereocenters. The van der Waals surface area contributed by atoms with E-state index in [4.69, 9.17) is 0 Å². The van der Waals surface area contributed by atoms with Crippen LogP contribution in [0, 0.1) is 9.39 Å². The first-order valence-corrected chi connectivity index (χ1v) is 5.95. The molecule has 2 rings (SSSR count). The number of rotatable bonds is 2. The van der Waals surface area contributed by atoms with Crippen LogP contribution in [0.5, 0.6) is 5.75 Å². The third kappa shape index (κ3) is 2.46. The maximum absolute atomic E-state index is 13.4. The number of carbonyl (C=O) groups is 1. The standard InChI is InChI=1S/C13H8FIO2/c14-10-4-2-1-3-9(10)13(17)8-5-6-12(16)11(15)7-8/h1-7,16H. The van der Waals surface area contributed by atoms with Crippen molar-refractivity contribution in [1.82, 2.24) is 0 Å². The molecule has 0 saturated carbocycles. The van der Waals surface area contributed by atoms with Crippen LogP contribution >= 0.6 is 22.6 Å². The third-order valence-corrected chi connectivity index (χ3v) is 3.19. The van der Waals surface area contributed by atoms with Crippen LogP contribution in [0.25, 0.3) is 0 Å². The van der Waals surface area contributed by atoms with E-state index in [1.165, 1.54) is 36.4 Å². The lowest BCUT2D eigenvalue weighted by atomic mass is 10.0. The first-order valence-electron chi connectivity index (χ1n) is 4.87. The van der Waals surface area contributed by atoms with Gasteiger partial charge < -0.3 is 5.11 Å². The van der Waals surface area contributed by atoms with E-state index in [1.54, 1.807) is 6.07 Å². The maximum atomic E-state index is 13.4. The highest BCUT2D eigenvalue weighted by molar-refractivity contribution is 14.1. The summed E-state index contributed by atoms with van der Waals surface area (Å²) in [6.45, 7) is 0. The van der Waals surface area contributed by atoms with Crippen LogP contribution < -0.4 is 0 Å². The van der Waals surface area contributed by atoms with Gasteiger partial charge in [-0.2, -0.15) is 0 Å². The second-order valence-electron chi connectivity index (χ2n) is 3.48. The molecule has 0 aliphatic rings. The van der Waals surface area contributed by atoms with Crippen LogP contribution in [-0.4, -0.2) is 10.9 Å². The van der Waals surface area contributed by atoms with Crippen molar-refractivity contribution in [2.45, 2.75) is 0 Å². The van der Waals surface area contributed by atoms with E-state index >= 15 is 0 Å². The third-order valence-electron chi connectivity index (χ3n) is 2.33. The Hall–Kier alpha value is -1.43. The SMILES string of the molecule is O=C(c1ccc(O)c(I)c1)c1ccccc1F.